The van der Waals surface area contributed by atoms with Gasteiger partial charge in [0, 0.05) is 13.7 Å². The summed E-state index contributed by atoms with van der Waals surface area (Å²) in [5.74, 6) is 0. The average Bonchev–Trinajstić information content (AvgIpc) is 2.27. The highest BCUT2D eigenvalue weighted by atomic mass is 16.5. The molecule has 1 unspecified atom stereocenters. The highest BCUT2D eigenvalue weighted by molar-refractivity contribution is 4.94. The number of hydrogen-bond donors (Lipinski definition) is 0. The van der Waals surface area contributed by atoms with E-state index >= 15 is 0 Å². The number of piperidine rings is 1. The van der Waals surface area contributed by atoms with Crippen LogP contribution in [0.2, 0.25) is 0 Å². The Labute approximate surface area is 93.0 Å². The van der Waals surface area contributed by atoms with Crippen LogP contribution in [0.3, 0.4) is 0 Å². The summed E-state index contributed by atoms with van der Waals surface area (Å²) in [6.07, 6.45) is 4.44. The van der Waals surface area contributed by atoms with E-state index in [1.54, 1.807) is 7.11 Å². The van der Waals surface area contributed by atoms with Gasteiger partial charge in [-0.3, -0.25) is 4.90 Å². The highest BCUT2D eigenvalue weighted by Gasteiger charge is 2.24. The van der Waals surface area contributed by atoms with Gasteiger partial charge in [0.2, 0.25) is 0 Å². The molecule has 0 aliphatic carbocycles. The molecule has 15 heavy (non-hydrogen) atoms. The molecule has 0 N–H and O–H groups in total. The van der Waals surface area contributed by atoms with Gasteiger partial charge in [-0.05, 0) is 46.1 Å². The Hall–Kier alpha value is -0.590. The van der Waals surface area contributed by atoms with E-state index in [1.807, 2.05) is 0 Å². The largest absolute Gasteiger partial charge is 0.379 e. The highest BCUT2D eigenvalue weighted by Crippen LogP contribution is 2.20. The van der Waals surface area contributed by atoms with Gasteiger partial charge >= 0.3 is 0 Å². The summed E-state index contributed by atoms with van der Waals surface area (Å²) in [5.41, 5.74) is -0.0720. The Bertz CT molecular complexity index is 232. The second-order valence-corrected chi connectivity index (χ2v) is 4.89. The van der Waals surface area contributed by atoms with Gasteiger partial charge in [-0.15, -0.1) is 0 Å². The predicted molar refractivity (Wildman–Crippen MR) is 60.5 cm³/mol. The molecule has 0 spiro atoms. The minimum absolute atomic E-state index is 0.0720. The Morgan fingerprint density at radius 3 is 2.80 bits per heavy atom. The average molecular weight is 210 g/mol. The van der Waals surface area contributed by atoms with Crippen molar-refractivity contribution < 1.29 is 4.74 Å². The molecule has 1 aliphatic rings. The normalized spacial score (nSPS) is 23.7. The maximum atomic E-state index is 9.03. The molecule has 3 nitrogen and oxygen atoms in total. The molecular weight excluding hydrogens is 188 g/mol. The Morgan fingerprint density at radius 2 is 2.20 bits per heavy atom. The summed E-state index contributed by atoms with van der Waals surface area (Å²) in [4.78, 5) is 2.30. The van der Waals surface area contributed by atoms with E-state index < -0.39 is 0 Å². The number of nitriles is 1. The lowest BCUT2D eigenvalue weighted by Gasteiger charge is -2.34. The van der Waals surface area contributed by atoms with Crippen LogP contribution in [-0.4, -0.2) is 36.7 Å². The van der Waals surface area contributed by atoms with E-state index in [9.17, 15) is 0 Å². The second kappa shape index (κ2) is 5.48. The zero-order valence-corrected chi connectivity index (χ0v) is 10.1. The lowest BCUT2D eigenvalue weighted by Crippen LogP contribution is -2.41. The molecule has 0 radical (unpaired) electrons. The van der Waals surface area contributed by atoms with Gasteiger partial charge in [-0.1, -0.05) is 0 Å². The smallest absolute Gasteiger partial charge is 0.0977 e. The monoisotopic (exact) mass is 210 g/mol. The summed E-state index contributed by atoms with van der Waals surface area (Å²) in [7, 11) is 1.75. The number of rotatable bonds is 4. The fourth-order valence-corrected chi connectivity index (χ4v) is 1.92. The number of nitrogens with zero attached hydrogens (tertiary/aromatic N) is 2. The molecule has 3 heteroatoms. The molecule has 0 bridgehead atoms. The lowest BCUT2D eigenvalue weighted by molar-refractivity contribution is 0.00364. The van der Waals surface area contributed by atoms with E-state index in [1.165, 1.54) is 12.8 Å². The van der Waals surface area contributed by atoms with Crippen molar-refractivity contribution in [3.8, 4) is 6.07 Å². The first-order valence-electron chi connectivity index (χ1n) is 5.78. The van der Waals surface area contributed by atoms with E-state index in [-0.39, 0.29) is 11.6 Å². The quantitative estimate of drug-likeness (QED) is 0.713. The van der Waals surface area contributed by atoms with Gasteiger partial charge < -0.3 is 4.74 Å². The summed E-state index contributed by atoms with van der Waals surface area (Å²) in [5, 5.41) is 9.03. The SMILES string of the molecule is COC(C)(C)CCN1CCCCC1C#N. The number of ether oxygens (including phenoxy) is 1. The molecular formula is C12H22N2O. The van der Waals surface area contributed by atoms with Crippen molar-refractivity contribution in [2.24, 2.45) is 0 Å². The third-order valence-electron chi connectivity index (χ3n) is 3.32. The van der Waals surface area contributed by atoms with Gasteiger partial charge in [0.05, 0.1) is 17.7 Å². The van der Waals surface area contributed by atoms with Crippen molar-refractivity contribution in [2.75, 3.05) is 20.2 Å². The first kappa shape index (κ1) is 12.5. The molecule has 1 fully saturated rings. The molecule has 86 valence electrons. The first-order valence-corrected chi connectivity index (χ1v) is 5.78. The van der Waals surface area contributed by atoms with Gasteiger partial charge in [-0.2, -0.15) is 5.26 Å². The maximum absolute atomic E-state index is 9.03. The van der Waals surface area contributed by atoms with Gasteiger partial charge in [0.15, 0.2) is 0 Å². The van der Waals surface area contributed by atoms with Crippen molar-refractivity contribution in [1.82, 2.24) is 4.90 Å². The summed E-state index contributed by atoms with van der Waals surface area (Å²) in [6, 6.07) is 2.52. The van der Waals surface area contributed by atoms with E-state index in [0.29, 0.717) is 0 Å². The molecule has 0 amide bonds. The van der Waals surface area contributed by atoms with Gasteiger partial charge in [0.1, 0.15) is 0 Å². The van der Waals surface area contributed by atoms with Crippen LogP contribution in [0.1, 0.15) is 39.5 Å². The Kier molecular flexibility index (Phi) is 4.56. The molecule has 0 aromatic rings. The number of methoxy groups -OCH3 is 1. The predicted octanol–water partition coefficient (Wildman–Crippen LogP) is 2.18. The van der Waals surface area contributed by atoms with Crippen molar-refractivity contribution in [3.05, 3.63) is 0 Å². The van der Waals surface area contributed by atoms with Crippen LogP contribution in [0.25, 0.3) is 0 Å². The topological polar surface area (TPSA) is 36.3 Å². The molecule has 0 saturated carbocycles. The molecule has 1 heterocycles. The molecule has 1 rings (SSSR count). The van der Waals surface area contributed by atoms with Gasteiger partial charge in [-0.25, -0.2) is 0 Å². The molecule has 0 aromatic heterocycles. The maximum Gasteiger partial charge on any atom is 0.0977 e. The van der Waals surface area contributed by atoms with Crippen LogP contribution < -0.4 is 0 Å². The Balaban J connectivity index is 2.39. The van der Waals surface area contributed by atoms with E-state index in [0.717, 1.165) is 25.9 Å². The minimum Gasteiger partial charge on any atom is -0.379 e. The van der Waals surface area contributed by atoms with Crippen LogP contribution in [0, 0.1) is 11.3 Å². The summed E-state index contributed by atoms with van der Waals surface area (Å²) < 4.78 is 5.39. The summed E-state index contributed by atoms with van der Waals surface area (Å²) >= 11 is 0. The van der Waals surface area contributed by atoms with Gasteiger partial charge in [0.25, 0.3) is 0 Å². The fraction of sp³-hybridized carbons (Fsp3) is 0.917. The standard InChI is InChI=1S/C12H22N2O/c1-12(2,15-3)7-9-14-8-5-4-6-11(14)10-13/h11H,4-9H2,1-3H3. The van der Waals surface area contributed by atoms with Crippen molar-refractivity contribution >= 4 is 0 Å². The van der Waals surface area contributed by atoms with Crippen LogP contribution >= 0.6 is 0 Å². The zero-order chi connectivity index (χ0) is 11.3. The summed E-state index contributed by atoms with van der Waals surface area (Å²) in [6.45, 7) is 6.23. The first-order chi connectivity index (χ1) is 7.09. The van der Waals surface area contributed by atoms with Crippen molar-refractivity contribution in [3.63, 3.8) is 0 Å². The van der Waals surface area contributed by atoms with Crippen LogP contribution in [0.4, 0.5) is 0 Å². The third kappa shape index (κ3) is 3.81. The van der Waals surface area contributed by atoms with E-state index in [2.05, 4.69) is 24.8 Å². The second-order valence-electron chi connectivity index (χ2n) is 4.89. The third-order valence-corrected chi connectivity index (χ3v) is 3.32. The molecule has 0 aromatic carbocycles. The Morgan fingerprint density at radius 1 is 1.47 bits per heavy atom. The van der Waals surface area contributed by atoms with E-state index in [4.69, 9.17) is 10.00 Å². The number of hydrogen-bond acceptors (Lipinski definition) is 3. The lowest BCUT2D eigenvalue weighted by atomic mass is 10.00. The van der Waals surface area contributed by atoms with Crippen molar-refractivity contribution in [2.45, 2.75) is 51.2 Å². The molecule has 1 saturated heterocycles. The zero-order valence-electron chi connectivity index (χ0n) is 10.1. The molecule has 1 atom stereocenters. The number of likely N-dealkylation sites (tertiary alicyclic amines) is 1. The van der Waals surface area contributed by atoms with Crippen LogP contribution in [0.15, 0.2) is 0 Å². The van der Waals surface area contributed by atoms with Crippen molar-refractivity contribution in [1.29, 1.82) is 5.26 Å². The van der Waals surface area contributed by atoms with Crippen LogP contribution in [0.5, 0.6) is 0 Å². The fourth-order valence-electron chi connectivity index (χ4n) is 1.92. The van der Waals surface area contributed by atoms with Crippen LogP contribution in [-0.2, 0) is 4.74 Å². The minimum atomic E-state index is -0.0720. The molecule has 1 aliphatic heterocycles.